The minimum absolute atomic E-state index is 0.00776. The Balaban J connectivity index is 1.99. The van der Waals surface area contributed by atoms with E-state index in [0.717, 1.165) is 6.54 Å². The van der Waals surface area contributed by atoms with Gasteiger partial charge in [0.2, 0.25) is 0 Å². The fourth-order valence-electron chi connectivity index (χ4n) is 0.608. The largest absolute Gasteiger partial charge is 0.359 e. The maximum absolute atomic E-state index is 5.71. The predicted molar refractivity (Wildman–Crippen MR) is 34.4 cm³/mol. The number of nitrogens with one attached hydrogen (secondary N) is 1. The maximum atomic E-state index is 5.71. The normalized spacial score (nSPS) is 34.0. The van der Waals surface area contributed by atoms with Crippen LogP contribution in [0.4, 0.5) is 0 Å². The molecule has 1 aliphatic heterocycles. The molecule has 1 fully saturated rings. The first-order valence-corrected chi connectivity index (χ1v) is 3.26. The van der Waals surface area contributed by atoms with Gasteiger partial charge in [-0.1, -0.05) is 0 Å². The van der Waals surface area contributed by atoms with E-state index in [9.17, 15) is 0 Å². The Morgan fingerprint density at radius 1 is 1.78 bits per heavy atom. The maximum Gasteiger partial charge on any atom is 0.148 e. The fourth-order valence-corrected chi connectivity index (χ4v) is 0.859. The summed E-state index contributed by atoms with van der Waals surface area (Å²) in [6, 6.07) is 0. The van der Waals surface area contributed by atoms with Crippen LogP contribution >= 0.6 is 11.6 Å². The molecule has 3 nitrogen and oxygen atoms in total. The van der Waals surface area contributed by atoms with Gasteiger partial charge in [-0.25, -0.2) is 0 Å². The van der Waals surface area contributed by atoms with Crippen LogP contribution in [-0.2, 0) is 9.47 Å². The van der Waals surface area contributed by atoms with Gasteiger partial charge in [0.15, 0.2) is 0 Å². The SMILES string of the molecule is COCO[C@@H]1NCC1Cl. The molecule has 0 amide bonds. The van der Waals surface area contributed by atoms with Crippen LogP contribution in [0.1, 0.15) is 0 Å². The molecule has 54 valence electrons. The molecule has 1 heterocycles. The minimum Gasteiger partial charge on any atom is -0.359 e. The number of hydrogen-bond donors (Lipinski definition) is 1. The highest BCUT2D eigenvalue weighted by molar-refractivity contribution is 6.21. The van der Waals surface area contributed by atoms with Gasteiger partial charge in [-0.05, 0) is 0 Å². The molecule has 4 heteroatoms. The first kappa shape index (κ1) is 7.28. The van der Waals surface area contributed by atoms with Crippen LogP contribution in [-0.4, -0.2) is 32.1 Å². The molecular formula is C5H10ClNO2. The lowest BCUT2D eigenvalue weighted by Gasteiger charge is -2.32. The number of ether oxygens (including phenoxy) is 2. The molecule has 1 N–H and O–H groups in total. The number of halogens is 1. The van der Waals surface area contributed by atoms with Crippen LogP contribution < -0.4 is 5.32 Å². The molecule has 0 bridgehead atoms. The summed E-state index contributed by atoms with van der Waals surface area (Å²) in [5, 5.41) is 3.11. The van der Waals surface area contributed by atoms with E-state index in [2.05, 4.69) is 10.1 Å². The topological polar surface area (TPSA) is 30.5 Å². The quantitative estimate of drug-likeness (QED) is 0.460. The molecule has 9 heavy (non-hydrogen) atoms. The Morgan fingerprint density at radius 2 is 2.56 bits per heavy atom. The third-order valence-corrected chi connectivity index (χ3v) is 1.59. The second kappa shape index (κ2) is 3.37. The van der Waals surface area contributed by atoms with E-state index in [1.54, 1.807) is 7.11 Å². The number of methoxy groups -OCH3 is 1. The highest BCUT2D eigenvalue weighted by atomic mass is 35.5. The van der Waals surface area contributed by atoms with Crippen molar-refractivity contribution in [3.63, 3.8) is 0 Å². The summed E-state index contributed by atoms with van der Waals surface area (Å²) in [5.41, 5.74) is 0. The average molecular weight is 152 g/mol. The van der Waals surface area contributed by atoms with Gasteiger partial charge in [-0.3, -0.25) is 5.32 Å². The Labute approximate surface area is 59.3 Å². The van der Waals surface area contributed by atoms with E-state index in [1.807, 2.05) is 0 Å². The van der Waals surface area contributed by atoms with Gasteiger partial charge in [0, 0.05) is 13.7 Å². The summed E-state index contributed by atoms with van der Waals surface area (Å²) in [4.78, 5) is 0. The van der Waals surface area contributed by atoms with Gasteiger partial charge in [0.25, 0.3) is 0 Å². The van der Waals surface area contributed by atoms with E-state index in [1.165, 1.54) is 0 Å². The summed E-state index contributed by atoms with van der Waals surface area (Å²) in [5.74, 6) is 0. The second-order valence-corrected chi connectivity index (χ2v) is 2.48. The number of rotatable bonds is 3. The minimum atomic E-state index is -0.00776. The first-order valence-electron chi connectivity index (χ1n) is 2.82. The smallest absolute Gasteiger partial charge is 0.148 e. The Bertz CT molecular complexity index is 91.0. The van der Waals surface area contributed by atoms with Crippen LogP contribution in [0.25, 0.3) is 0 Å². The van der Waals surface area contributed by atoms with E-state index in [-0.39, 0.29) is 11.6 Å². The highest BCUT2D eigenvalue weighted by Gasteiger charge is 2.28. The van der Waals surface area contributed by atoms with Gasteiger partial charge in [-0.15, -0.1) is 11.6 Å². The van der Waals surface area contributed by atoms with Gasteiger partial charge in [0.1, 0.15) is 13.0 Å². The first-order chi connectivity index (χ1) is 4.34. The van der Waals surface area contributed by atoms with Crippen LogP contribution in [0.5, 0.6) is 0 Å². The Kier molecular flexibility index (Phi) is 2.72. The van der Waals surface area contributed by atoms with Crippen molar-refractivity contribution in [1.82, 2.24) is 5.32 Å². The molecular weight excluding hydrogens is 142 g/mol. The molecule has 1 rings (SSSR count). The molecule has 0 saturated carbocycles. The monoisotopic (exact) mass is 151 g/mol. The van der Waals surface area contributed by atoms with Crippen molar-refractivity contribution < 1.29 is 9.47 Å². The third kappa shape index (κ3) is 1.79. The van der Waals surface area contributed by atoms with E-state index in [4.69, 9.17) is 16.3 Å². The van der Waals surface area contributed by atoms with Gasteiger partial charge in [-0.2, -0.15) is 0 Å². The van der Waals surface area contributed by atoms with Crippen molar-refractivity contribution in [1.29, 1.82) is 0 Å². The molecule has 0 aliphatic carbocycles. The third-order valence-electron chi connectivity index (χ3n) is 1.21. The highest BCUT2D eigenvalue weighted by Crippen LogP contribution is 2.11. The standard InChI is InChI=1S/C5H10ClNO2/c1-8-3-9-5-4(6)2-7-5/h4-5,7H,2-3H2,1H3/t4?,5-/m0/s1. The molecule has 2 atom stereocenters. The average Bonchev–Trinajstić information content (AvgIpc) is 1.86. The lowest BCUT2D eigenvalue weighted by molar-refractivity contribution is -0.103. The fraction of sp³-hybridized carbons (Fsp3) is 1.00. The van der Waals surface area contributed by atoms with E-state index in [0.29, 0.717) is 6.79 Å². The van der Waals surface area contributed by atoms with E-state index >= 15 is 0 Å². The molecule has 0 aromatic rings. The predicted octanol–water partition coefficient (Wildman–Crippen LogP) is 0.144. The molecule has 0 aromatic heterocycles. The molecule has 0 spiro atoms. The van der Waals surface area contributed by atoms with Crippen molar-refractivity contribution in [3.05, 3.63) is 0 Å². The van der Waals surface area contributed by atoms with E-state index < -0.39 is 0 Å². The molecule has 0 radical (unpaired) electrons. The summed E-state index contributed by atoms with van der Waals surface area (Å²) in [7, 11) is 1.59. The zero-order chi connectivity index (χ0) is 6.69. The van der Waals surface area contributed by atoms with Crippen LogP contribution in [0.15, 0.2) is 0 Å². The van der Waals surface area contributed by atoms with Gasteiger partial charge >= 0.3 is 0 Å². The second-order valence-electron chi connectivity index (χ2n) is 1.92. The lowest BCUT2D eigenvalue weighted by Crippen LogP contribution is -2.55. The van der Waals surface area contributed by atoms with Crippen LogP contribution in [0, 0.1) is 0 Å². The van der Waals surface area contributed by atoms with Crippen molar-refractivity contribution in [2.24, 2.45) is 0 Å². The molecule has 1 unspecified atom stereocenters. The summed E-state index contributed by atoms with van der Waals surface area (Å²) >= 11 is 5.71. The number of hydrogen-bond acceptors (Lipinski definition) is 3. The zero-order valence-corrected chi connectivity index (χ0v) is 6.02. The molecule has 1 saturated heterocycles. The van der Waals surface area contributed by atoms with Crippen molar-refractivity contribution in [2.75, 3.05) is 20.4 Å². The molecule has 0 aromatic carbocycles. The van der Waals surface area contributed by atoms with Gasteiger partial charge < -0.3 is 9.47 Å². The Morgan fingerprint density at radius 3 is 2.89 bits per heavy atom. The molecule has 1 aliphatic rings. The van der Waals surface area contributed by atoms with Crippen LogP contribution in [0.3, 0.4) is 0 Å². The Hall–Kier alpha value is 0.170. The summed E-state index contributed by atoms with van der Waals surface area (Å²) < 4.78 is 9.75. The zero-order valence-electron chi connectivity index (χ0n) is 5.26. The number of alkyl halides is 1. The summed E-state index contributed by atoms with van der Waals surface area (Å²) in [6.45, 7) is 1.14. The van der Waals surface area contributed by atoms with Gasteiger partial charge in [0.05, 0.1) is 5.38 Å². The van der Waals surface area contributed by atoms with Crippen molar-refractivity contribution in [3.8, 4) is 0 Å². The van der Waals surface area contributed by atoms with Crippen molar-refractivity contribution in [2.45, 2.75) is 11.6 Å². The van der Waals surface area contributed by atoms with Crippen LogP contribution in [0.2, 0.25) is 0 Å². The summed E-state index contributed by atoms with van der Waals surface area (Å²) in [6.07, 6.45) is -0.00776. The lowest BCUT2D eigenvalue weighted by atomic mass is 10.2. The van der Waals surface area contributed by atoms with Crippen molar-refractivity contribution >= 4 is 11.6 Å².